The molecule has 0 saturated carbocycles. The van der Waals surface area contributed by atoms with Gasteiger partial charge in [-0.2, -0.15) is 0 Å². The molecule has 3 heteroatoms. The lowest BCUT2D eigenvalue weighted by molar-refractivity contribution is 0.109. The van der Waals surface area contributed by atoms with Crippen molar-refractivity contribution < 1.29 is 4.74 Å². The van der Waals surface area contributed by atoms with Gasteiger partial charge in [-0.05, 0) is 23.3 Å². The van der Waals surface area contributed by atoms with Crippen molar-refractivity contribution in [3.63, 3.8) is 0 Å². The summed E-state index contributed by atoms with van der Waals surface area (Å²) in [5.41, 5.74) is 0. The van der Waals surface area contributed by atoms with Crippen molar-refractivity contribution in [2.24, 2.45) is 11.8 Å². The van der Waals surface area contributed by atoms with Gasteiger partial charge in [0.1, 0.15) is 0 Å². The Hall–Kier alpha value is -0.380. The molecule has 1 N–H and O–H groups in total. The molecule has 0 aliphatic carbocycles. The number of hydrogen-bond acceptors (Lipinski definition) is 3. The van der Waals surface area contributed by atoms with Crippen LogP contribution < -0.4 is 5.32 Å². The minimum atomic E-state index is 0.456. The largest absolute Gasteiger partial charge is 0.380 e. The summed E-state index contributed by atoms with van der Waals surface area (Å²) in [6.45, 7) is 11.4. The number of hydrogen-bond donors (Lipinski definition) is 1. The van der Waals surface area contributed by atoms with Crippen molar-refractivity contribution in [3.05, 3.63) is 22.4 Å². The zero-order valence-electron chi connectivity index (χ0n) is 11.4. The summed E-state index contributed by atoms with van der Waals surface area (Å²) in [6, 6.07) is 4.78. The molecular formula is C14H25NOS. The third-order valence-electron chi connectivity index (χ3n) is 2.58. The van der Waals surface area contributed by atoms with Crippen molar-refractivity contribution in [1.82, 2.24) is 5.32 Å². The van der Waals surface area contributed by atoms with Crippen molar-refractivity contribution in [3.8, 4) is 0 Å². The maximum atomic E-state index is 5.58. The fourth-order valence-electron chi connectivity index (χ4n) is 1.74. The minimum absolute atomic E-state index is 0.456. The molecule has 0 amide bonds. The summed E-state index contributed by atoms with van der Waals surface area (Å²) in [7, 11) is 0. The highest BCUT2D eigenvalue weighted by Gasteiger charge is 2.15. The highest BCUT2D eigenvalue weighted by molar-refractivity contribution is 7.10. The SMILES string of the molecule is CC(C)COCCNC(c1cccs1)C(C)C. The van der Waals surface area contributed by atoms with Crippen LogP contribution in [0.1, 0.15) is 38.6 Å². The molecule has 1 rings (SSSR count). The Morgan fingerprint density at radius 1 is 1.29 bits per heavy atom. The Morgan fingerprint density at radius 2 is 2.06 bits per heavy atom. The van der Waals surface area contributed by atoms with Gasteiger partial charge in [-0.25, -0.2) is 0 Å². The summed E-state index contributed by atoms with van der Waals surface area (Å²) < 4.78 is 5.58. The third kappa shape index (κ3) is 5.66. The van der Waals surface area contributed by atoms with Gasteiger partial charge in [0.2, 0.25) is 0 Å². The maximum Gasteiger partial charge on any atom is 0.0591 e. The summed E-state index contributed by atoms with van der Waals surface area (Å²) in [6.07, 6.45) is 0. The van der Waals surface area contributed by atoms with Crippen LogP contribution in [0.25, 0.3) is 0 Å². The molecule has 0 saturated heterocycles. The van der Waals surface area contributed by atoms with Crippen molar-refractivity contribution in [2.75, 3.05) is 19.8 Å². The molecule has 17 heavy (non-hydrogen) atoms. The number of thiophene rings is 1. The molecule has 0 aromatic carbocycles. The van der Waals surface area contributed by atoms with E-state index in [1.807, 2.05) is 11.3 Å². The van der Waals surface area contributed by atoms with Crippen LogP contribution in [-0.4, -0.2) is 19.8 Å². The van der Waals surface area contributed by atoms with Gasteiger partial charge in [-0.15, -0.1) is 11.3 Å². The average molecular weight is 255 g/mol. The molecule has 0 radical (unpaired) electrons. The van der Waals surface area contributed by atoms with E-state index in [9.17, 15) is 0 Å². The van der Waals surface area contributed by atoms with E-state index in [1.54, 1.807) is 0 Å². The predicted octanol–water partition coefficient (Wildman–Crippen LogP) is 3.71. The normalized spacial score (nSPS) is 13.5. The van der Waals surface area contributed by atoms with Gasteiger partial charge in [0.15, 0.2) is 0 Å². The van der Waals surface area contributed by atoms with E-state index in [-0.39, 0.29) is 0 Å². The molecule has 1 atom stereocenters. The van der Waals surface area contributed by atoms with Gasteiger partial charge < -0.3 is 10.1 Å². The van der Waals surface area contributed by atoms with E-state index in [0.29, 0.717) is 17.9 Å². The van der Waals surface area contributed by atoms with Gasteiger partial charge in [0, 0.05) is 24.1 Å². The molecule has 0 fully saturated rings. The zero-order chi connectivity index (χ0) is 12.7. The Kier molecular flexibility index (Phi) is 6.78. The van der Waals surface area contributed by atoms with E-state index in [4.69, 9.17) is 4.74 Å². The van der Waals surface area contributed by atoms with Crippen molar-refractivity contribution in [1.29, 1.82) is 0 Å². The Bertz CT molecular complexity index is 282. The fourth-order valence-corrected chi connectivity index (χ4v) is 2.71. The van der Waals surface area contributed by atoms with E-state index < -0.39 is 0 Å². The lowest BCUT2D eigenvalue weighted by Crippen LogP contribution is -2.28. The minimum Gasteiger partial charge on any atom is -0.380 e. The summed E-state index contributed by atoms with van der Waals surface area (Å²) in [5.74, 6) is 1.23. The molecule has 1 aromatic heterocycles. The second kappa shape index (κ2) is 7.85. The molecule has 2 nitrogen and oxygen atoms in total. The van der Waals surface area contributed by atoms with Crippen LogP contribution in [-0.2, 0) is 4.74 Å². The smallest absolute Gasteiger partial charge is 0.0591 e. The van der Waals surface area contributed by atoms with Crippen molar-refractivity contribution >= 4 is 11.3 Å². The van der Waals surface area contributed by atoms with Crippen molar-refractivity contribution in [2.45, 2.75) is 33.7 Å². The van der Waals surface area contributed by atoms with Gasteiger partial charge in [-0.1, -0.05) is 33.8 Å². The molecule has 1 unspecified atom stereocenters. The summed E-state index contributed by atoms with van der Waals surface area (Å²) >= 11 is 1.82. The van der Waals surface area contributed by atoms with Crippen LogP contribution in [0.2, 0.25) is 0 Å². The standard InChI is InChI=1S/C14H25NOS/c1-11(2)10-16-8-7-15-14(12(3)4)13-6-5-9-17-13/h5-6,9,11-12,14-15H,7-8,10H2,1-4H3. The molecule has 0 aliphatic rings. The molecule has 98 valence electrons. The first kappa shape index (κ1) is 14.7. The lowest BCUT2D eigenvalue weighted by Gasteiger charge is -2.21. The highest BCUT2D eigenvalue weighted by atomic mass is 32.1. The van der Waals surface area contributed by atoms with Crippen LogP contribution in [0.5, 0.6) is 0 Å². The van der Waals surface area contributed by atoms with Crippen LogP contribution in [0, 0.1) is 11.8 Å². The molecule has 0 spiro atoms. The Balaban J connectivity index is 2.27. The number of ether oxygens (including phenoxy) is 1. The summed E-state index contributed by atoms with van der Waals surface area (Å²) in [4.78, 5) is 1.42. The van der Waals surface area contributed by atoms with E-state index in [2.05, 4.69) is 50.5 Å². The van der Waals surface area contributed by atoms with Crippen LogP contribution in [0.3, 0.4) is 0 Å². The first-order valence-electron chi connectivity index (χ1n) is 6.45. The fraction of sp³-hybridized carbons (Fsp3) is 0.714. The van der Waals surface area contributed by atoms with Gasteiger partial charge in [-0.3, -0.25) is 0 Å². The molecular weight excluding hydrogens is 230 g/mol. The second-order valence-electron chi connectivity index (χ2n) is 5.16. The third-order valence-corrected chi connectivity index (χ3v) is 3.53. The van der Waals surface area contributed by atoms with Crippen LogP contribution >= 0.6 is 11.3 Å². The maximum absolute atomic E-state index is 5.58. The molecule has 0 aliphatic heterocycles. The predicted molar refractivity (Wildman–Crippen MR) is 75.6 cm³/mol. The number of rotatable bonds is 8. The van der Waals surface area contributed by atoms with E-state index in [0.717, 1.165) is 19.8 Å². The monoisotopic (exact) mass is 255 g/mol. The average Bonchev–Trinajstić information content (AvgIpc) is 2.75. The van der Waals surface area contributed by atoms with Crippen LogP contribution in [0.4, 0.5) is 0 Å². The van der Waals surface area contributed by atoms with Gasteiger partial charge in [0.05, 0.1) is 6.61 Å². The van der Waals surface area contributed by atoms with E-state index in [1.165, 1.54) is 4.88 Å². The topological polar surface area (TPSA) is 21.3 Å². The zero-order valence-corrected chi connectivity index (χ0v) is 12.2. The Labute approximate surface area is 109 Å². The van der Waals surface area contributed by atoms with E-state index >= 15 is 0 Å². The van der Waals surface area contributed by atoms with Crippen LogP contribution in [0.15, 0.2) is 17.5 Å². The quantitative estimate of drug-likeness (QED) is 0.715. The molecule has 1 aromatic rings. The first-order chi connectivity index (χ1) is 8.11. The second-order valence-corrected chi connectivity index (χ2v) is 6.14. The van der Waals surface area contributed by atoms with Gasteiger partial charge in [0.25, 0.3) is 0 Å². The lowest BCUT2D eigenvalue weighted by atomic mass is 10.0. The highest BCUT2D eigenvalue weighted by Crippen LogP contribution is 2.25. The molecule has 0 bridgehead atoms. The first-order valence-corrected chi connectivity index (χ1v) is 7.33. The van der Waals surface area contributed by atoms with Gasteiger partial charge >= 0.3 is 0 Å². The summed E-state index contributed by atoms with van der Waals surface area (Å²) in [5, 5.41) is 5.72. The number of nitrogens with one attached hydrogen (secondary N) is 1. The molecule has 1 heterocycles. The Morgan fingerprint density at radius 3 is 2.59 bits per heavy atom.